The van der Waals surface area contributed by atoms with Crippen molar-refractivity contribution in [3.8, 4) is 23.7 Å². The van der Waals surface area contributed by atoms with Crippen molar-refractivity contribution < 1.29 is 17.6 Å². The van der Waals surface area contributed by atoms with Gasteiger partial charge in [-0.2, -0.15) is 4.99 Å². The highest BCUT2D eigenvalue weighted by molar-refractivity contribution is 7.78. The summed E-state index contributed by atoms with van der Waals surface area (Å²) in [6.45, 7) is 3.95. The average Bonchev–Trinajstić information content (AvgIpc) is 2.88. The van der Waals surface area contributed by atoms with Crippen LogP contribution < -0.4 is 0 Å². The number of fused-ring (bicyclic) bond motifs is 1. The molecule has 0 amide bonds. The molecule has 6 heteroatoms. The van der Waals surface area contributed by atoms with Gasteiger partial charge in [0.05, 0.1) is 10.7 Å². The summed E-state index contributed by atoms with van der Waals surface area (Å²) in [6, 6.07) is 8.74. The number of hydrogen-bond donors (Lipinski definition) is 0. The summed E-state index contributed by atoms with van der Waals surface area (Å²) in [5.74, 6) is 8.69. The van der Waals surface area contributed by atoms with Crippen molar-refractivity contribution in [2.45, 2.75) is 52.4 Å². The molecule has 4 rings (SSSR count). The van der Waals surface area contributed by atoms with E-state index >= 15 is 4.39 Å². The smallest absolute Gasteiger partial charge is 0.153 e. The topological polar surface area (TPSA) is 12.4 Å². The van der Waals surface area contributed by atoms with Gasteiger partial charge in [-0.15, -0.1) is 0 Å². The molecular formula is C32H25F4NS. The maximum absolute atomic E-state index is 15.2. The molecule has 0 heterocycles. The lowest BCUT2D eigenvalue weighted by molar-refractivity contribution is 0.402. The van der Waals surface area contributed by atoms with Gasteiger partial charge in [0.25, 0.3) is 0 Å². The predicted octanol–water partition coefficient (Wildman–Crippen LogP) is 8.38. The van der Waals surface area contributed by atoms with Crippen molar-refractivity contribution in [1.82, 2.24) is 0 Å². The Morgan fingerprint density at radius 2 is 1.66 bits per heavy atom. The lowest BCUT2D eigenvalue weighted by atomic mass is 9.80. The maximum Gasteiger partial charge on any atom is 0.153 e. The molecule has 192 valence electrons. The molecule has 1 unspecified atom stereocenters. The highest BCUT2D eigenvalue weighted by Crippen LogP contribution is 2.32. The molecule has 1 atom stereocenters. The minimum absolute atomic E-state index is 0.140. The van der Waals surface area contributed by atoms with Gasteiger partial charge in [0.1, 0.15) is 17.3 Å². The van der Waals surface area contributed by atoms with Crippen molar-refractivity contribution in [3.05, 3.63) is 98.6 Å². The van der Waals surface area contributed by atoms with E-state index in [9.17, 15) is 13.2 Å². The highest BCUT2D eigenvalue weighted by atomic mass is 32.1. The number of thiocarbonyl (C=S) groups is 1. The van der Waals surface area contributed by atoms with Crippen LogP contribution in [0.1, 0.15) is 71.6 Å². The van der Waals surface area contributed by atoms with E-state index in [2.05, 4.69) is 47.8 Å². The fraction of sp³-hybridized carbons (Fsp3) is 0.281. The van der Waals surface area contributed by atoms with Gasteiger partial charge < -0.3 is 0 Å². The predicted molar refractivity (Wildman–Crippen MR) is 146 cm³/mol. The minimum atomic E-state index is -0.882. The average molecular weight is 532 g/mol. The first-order valence-corrected chi connectivity index (χ1v) is 12.9. The number of nitrogens with zero attached hydrogens (tertiary/aromatic N) is 1. The van der Waals surface area contributed by atoms with E-state index in [1.165, 1.54) is 6.07 Å². The van der Waals surface area contributed by atoms with Gasteiger partial charge in [-0.3, -0.25) is 0 Å². The molecular weight excluding hydrogens is 506 g/mol. The molecule has 0 saturated heterocycles. The Bertz CT molecular complexity index is 1540. The van der Waals surface area contributed by atoms with Crippen LogP contribution in [0.2, 0.25) is 0 Å². The molecule has 0 fully saturated rings. The van der Waals surface area contributed by atoms with Crippen LogP contribution in [0.25, 0.3) is 0 Å². The van der Waals surface area contributed by atoms with Crippen molar-refractivity contribution in [2.75, 3.05) is 0 Å². The molecule has 38 heavy (non-hydrogen) atoms. The van der Waals surface area contributed by atoms with Crippen molar-refractivity contribution in [2.24, 2.45) is 10.9 Å². The molecule has 1 nitrogen and oxygen atoms in total. The second-order valence-electron chi connectivity index (χ2n) is 9.46. The summed E-state index contributed by atoms with van der Waals surface area (Å²) >= 11 is 4.40. The number of isothiocyanates is 1. The number of aliphatic imine (C=N–C) groups is 1. The third-order valence-electron chi connectivity index (χ3n) is 6.76. The van der Waals surface area contributed by atoms with Crippen LogP contribution in [0.4, 0.5) is 23.2 Å². The zero-order valence-corrected chi connectivity index (χ0v) is 22.0. The van der Waals surface area contributed by atoms with Gasteiger partial charge in [0.15, 0.2) is 11.6 Å². The van der Waals surface area contributed by atoms with E-state index in [1.54, 1.807) is 18.2 Å². The molecule has 0 N–H and O–H groups in total. The number of halogens is 4. The quantitative estimate of drug-likeness (QED) is 0.143. The Morgan fingerprint density at radius 3 is 2.34 bits per heavy atom. The molecule has 0 aliphatic heterocycles. The first-order chi connectivity index (χ1) is 18.3. The number of benzene rings is 3. The zero-order valence-electron chi connectivity index (χ0n) is 21.2. The summed E-state index contributed by atoms with van der Waals surface area (Å²) in [7, 11) is 0. The number of hydrogen-bond acceptors (Lipinski definition) is 2. The van der Waals surface area contributed by atoms with Gasteiger partial charge in [-0.05, 0) is 97.4 Å². The van der Waals surface area contributed by atoms with Crippen molar-refractivity contribution in [3.63, 3.8) is 0 Å². The largest absolute Gasteiger partial charge is 0.206 e. The zero-order chi connectivity index (χ0) is 27.2. The van der Waals surface area contributed by atoms with Gasteiger partial charge in [0.2, 0.25) is 0 Å². The molecule has 1 aliphatic carbocycles. The summed E-state index contributed by atoms with van der Waals surface area (Å²) < 4.78 is 58.1. The van der Waals surface area contributed by atoms with Crippen LogP contribution in [0.15, 0.2) is 41.4 Å². The fourth-order valence-electron chi connectivity index (χ4n) is 4.72. The van der Waals surface area contributed by atoms with Crippen LogP contribution in [-0.2, 0) is 12.8 Å². The van der Waals surface area contributed by atoms with E-state index in [0.717, 1.165) is 48.9 Å². The Kier molecular flexibility index (Phi) is 8.80. The monoisotopic (exact) mass is 531 g/mol. The normalized spacial score (nSPS) is 13.9. The minimum Gasteiger partial charge on any atom is -0.206 e. The van der Waals surface area contributed by atoms with E-state index in [-0.39, 0.29) is 11.1 Å². The fourth-order valence-corrected chi connectivity index (χ4v) is 4.81. The lowest BCUT2D eigenvalue weighted by Crippen LogP contribution is -2.17. The van der Waals surface area contributed by atoms with Gasteiger partial charge in [-0.25, -0.2) is 17.6 Å². The highest BCUT2D eigenvalue weighted by Gasteiger charge is 2.24. The molecule has 0 bridgehead atoms. The van der Waals surface area contributed by atoms with Crippen LogP contribution in [0.3, 0.4) is 0 Å². The standard InChI is InChI=1S/C32H25F4NS/c1-3-4-5-21-8-12-26-25(15-21)18-28(33)27(31(26)36)13-9-22-6-10-24(20(2)14-22)11-7-23-16-29(34)32(37-19-38)30(35)17-23/h6,10,14,16-18,21H,3-5,8,12,15H2,1-2H3. The molecule has 0 radical (unpaired) electrons. The molecule has 3 aromatic carbocycles. The van der Waals surface area contributed by atoms with Crippen molar-refractivity contribution in [1.29, 1.82) is 0 Å². The van der Waals surface area contributed by atoms with Crippen LogP contribution in [0.5, 0.6) is 0 Å². The van der Waals surface area contributed by atoms with E-state index in [0.29, 0.717) is 35.4 Å². The molecule has 0 spiro atoms. The van der Waals surface area contributed by atoms with Gasteiger partial charge in [-0.1, -0.05) is 49.9 Å². The molecule has 1 aliphatic rings. The van der Waals surface area contributed by atoms with Gasteiger partial charge in [0, 0.05) is 16.7 Å². The lowest BCUT2D eigenvalue weighted by Gasteiger charge is -2.25. The van der Waals surface area contributed by atoms with Crippen LogP contribution >= 0.6 is 12.2 Å². The van der Waals surface area contributed by atoms with Crippen LogP contribution in [-0.4, -0.2) is 5.16 Å². The third kappa shape index (κ3) is 6.22. The Balaban J connectivity index is 1.55. The summed E-state index contributed by atoms with van der Waals surface area (Å²) in [6.07, 6.45) is 5.56. The summed E-state index contributed by atoms with van der Waals surface area (Å²) in [5.41, 5.74) is 2.73. The number of rotatable bonds is 4. The first kappa shape index (κ1) is 27.3. The second kappa shape index (κ2) is 12.2. The Hall–Kier alpha value is -3.70. The Labute approximate surface area is 226 Å². The number of unbranched alkanes of at least 4 members (excludes halogenated alkanes) is 1. The van der Waals surface area contributed by atoms with E-state index in [1.807, 2.05) is 12.1 Å². The van der Waals surface area contributed by atoms with Crippen LogP contribution in [0, 0.1) is 59.8 Å². The number of aryl methyl sites for hydroxylation is 1. The van der Waals surface area contributed by atoms with E-state index in [4.69, 9.17) is 0 Å². The molecule has 0 saturated carbocycles. The van der Waals surface area contributed by atoms with Crippen molar-refractivity contribution >= 4 is 23.1 Å². The van der Waals surface area contributed by atoms with Gasteiger partial charge >= 0.3 is 0 Å². The molecule has 3 aromatic rings. The van der Waals surface area contributed by atoms with E-state index < -0.39 is 29.0 Å². The first-order valence-electron chi connectivity index (χ1n) is 12.5. The summed E-state index contributed by atoms with van der Waals surface area (Å²) in [4.78, 5) is 3.38. The Morgan fingerprint density at radius 1 is 0.921 bits per heavy atom. The third-order valence-corrected chi connectivity index (χ3v) is 6.85. The second-order valence-corrected chi connectivity index (χ2v) is 9.64. The maximum atomic E-state index is 15.2. The molecule has 0 aromatic heterocycles. The summed E-state index contributed by atoms with van der Waals surface area (Å²) in [5, 5.41) is 1.94. The SMILES string of the molecule is CCCCC1CCc2c(cc(F)c(C#Cc3ccc(C#Cc4cc(F)c(N=C=S)c(F)c4)c(C)c3)c2F)C1.